The van der Waals surface area contributed by atoms with E-state index in [0.29, 0.717) is 5.82 Å². The minimum atomic E-state index is 0.647. The van der Waals surface area contributed by atoms with Crippen LogP contribution in [0.5, 0.6) is 0 Å². The van der Waals surface area contributed by atoms with Gasteiger partial charge in [0, 0.05) is 24.3 Å². The van der Waals surface area contributed by atoms with Crippen LogP contribution in [-0.4, -0.2) is 25.9 Å². The fraction of sp³-hybridized carbons (Fsp3) is 0.250. The van der Waals surface area contributed by atoms with Crippen LogP contribution in [0.15, 0.2) is 18.6 Å². The van der Waals surface area contributed by atoms with Gasteiger partial charge in [0.1, 0.15) is 12.0 Å². The van der Waals surface area contributed by atoms with Gasteiger partial charge in [-0.15, -0.1) is 0 Å². The molecule has 0 unspecified atom stereocenters. The Balaban J connectivity index is 2.25. The average molecular weight is 207 g/mol. The summed E-state index contributed by atoms with van der Waals surface area (Å²) < 4.78 is 4.18. The van der Waals surface area contributed by atoms with E-state index in [9.17, 15) is 0 Å². The fourth-order valence-electron chi connectivity index (χ4n) is 0.974. The summed E-state index contributed by atoms with van der Waals surface area (Å²) in [7, 11) is 0. The van der Waals surface area contributed by atoms with Crippen LogP contribution in [0.25, 0.3) is 11.5 Å². The predicted molar refractivity (Wildman–Crippen MR) is 55.1 cm³/mol. The molecule has 2 aromatic heterocycles. The van der Waals surface area contributed by atoms with Crippen LogP contribution in [-0.2, 0) is 0 Å². The van der Waals surface area contributed by atoms with Crippen molar-refractivity contribution >= 4 is 16.7 Å². The molecule has 2 heterocycles. The van der Waals surface area contributed by atoms with Crippen molar-refractivity contribution in [2.75, 3.05) is 11.9 Å². The summed E-state index contributed by atoms with van der Waals surface area (Å²) in [5.74, 6) is 0.647. The molecule has 0 aliphatic carbocycles. The van der Waals surface area contributed by atoms with Gasteiger partial charge >= 0.3 is 0 Å². The number of rotatable bonds is 3. The third-order valence-electron chi connectivity index (χ3n) is 1.57. The lowest BCUT2D eigenvalue weighted by molar-refractivity contribution is 1.13. The highest BCUT2D eigenvalue weighted by Crippen LogP contribution is 2.17. The molecule has 0 bridgehead atoms. The molecule has 5 nitrogen and oxygen atoms in total. The minimum Gasteiger partial charge on any atom is -0.361 e. The topological polar surface area (TPSA) is 63.6 Å². The van der Waals surface area contributed by atoms with Crippen molar-refractivity contribution in [3.8, 4) is 11.5 Å². The Labute approximate surface area is 85.4 Å². The van der Waals surface area contributed by atoms with Crippen LogP contribution >= 0.6 is 11.5 Å². The Morgan fingerprint density at radius 2 is 2.43 bits per heavy atom. The molecule has 0 spiro atoms. The zero-order valence-electron chi connectivity index (χ0n) is 7.64. The van der Waals surface area contributed by atoms with E-state index in [1.807, 2.05) is 6.92 Å². The number of aromatic nitrogens is 4. The summed E-state index contributed by atoms with van der Waals surface area (Å²) in [4.78, 5) is 12.2. The first kappa shape index (κ1) is 9.01. The van der Waals surface area contributed by atoms with E-state index in [4.69, 9.17) is 0 Å². The monoisotopic (exact) mass is 207 g/mol. The molecular formula is C8H9N5S. The summed E-state index contributed by atoms with van der Waals surface area (Å²) in [5.41, 5.74) is 0.750. The second-order valence-corrected chi connectivity index (χ2v) is 3.30. The first-order chi connectivity index (χ1) is 6.90. The van der Waals surface area contributed by atoms with Crippen molar-refractivity contribution < 1.29 is 0 Å². The lowest BCUT2D eigenvalue weighted by Crippen LogP contribution is -1.95. The summed E-state index contributed by atoms with van der Waals surface area (Å²) in [6.07, 6.45) is 3.17. The molecule has 2 rings (SSSR count). The number of hydrogen-bond donors (Lipinski definition) is 1. The fourth-order valence-corrected chi connectivity index (χ4v) is 1.62. The molecule has 0 radical (unpaired) electrons. The number of anilines is 1. The molecule has 1 N–H and O–H groups in total. The molecule has 14 heavy (non-hydrogen) atoms. The van der Waals surface area contributed by atoms with E-state index in [2.05, 4.69) is 24.6 Å². The quantitative estimate of drug-likeness (QED) is 0.824. The van der Waals surface area contributed by atoms with E-state index < -0.39 is 0 Å². The summed E-state index contributed by atoms with van der Waals surface area (Å²) in [6, 6.07) is 1.79. The highest BCUT2D eigenvalue weighted by molar-refractivity contribution is 7.09. The van der Waals surface area contributed by atoms with Crippen molar-refractivity contribution in [2.24, 2.45) is 0 Å². The van der Waals surface area contributed by atoms with Crippen LogP contribution in [0.2, 0.25) is 0 Å². The standard InChI is InChI=1S/C8H9N5S/c1-2-10-8-12-7(13-14-8)6-3-4-9-5-11-6/h3-5H,2H2,1H3,(H,10,12,13). The highest BCUT2D eigenvalue weighted by atomic mass is 32.1. The Morgan fingerprint density at radius 3 is 3.14 bits per heavy atom. The van der Waals surface area contributed by atoms with Crippen molar-refractivity contribution in [2.45, 2.75) is 6.92 Å². The number of nitrogens with one attached hydrogen (secondary N) is 1. The molecule has 0 aliphatic rings. The Morgan fingerprint density at radius 1 is 1.50 bits per heavy atom. The van der Waals surface area contributed by atoms with Crippen molar-refractivity contribution in [3.05, 3.63) is 18.6 Å². The summed E-state index contributed by atoms with van der Waals surface area (Å²) in [6.45, 7) is 2.87. The number of nitrogens with zero attached hydrogens (tertiary/aromatic N) is 4. The van der Waals surface area contributed by atoms with Gasteiger partial charge in [-0.2, -0.15) is 9.36 Å². The molecule has 0 saturated carbocycles. The molecule has 0 aromatic carbocycles. The molecule has 72 valence electrons. The minimum absolute atomic E-state index is 0.647. The van der Waals surface area contributed by atoms with Gasteiger partial charge in [-0.05, 0) is 13.0 Å². The van der Waals surface area contributed by atoms with Gasteiger partial charge in [0.05, 0.1) is 0 Å². The molecule has 0 amide bonds. The second kappa shape index (κ2) is 4.10. The van der Waals surface area contributed by atoms with Crippen molar-refractivity contribution in [3.63, 3.8) is 0 Å². The molecule has 6 heteroatoms. The van der Waals surface area contributed by atoms with Gasteiger partial charge in [-0.1, -0.05) is 0 Å². The first-order valence-electron chi connectivity index (χ1n) is 4.24. The van der Waals surface area contributed by atoms with E-state index in [1.165, 1.54) is 17.9 Å². The van der Waals surface area contributed by atoms with E-state index in [1.54, 1.807) is 12.3 Å². The second-order valence-electron chi connectivity index (χ2n) is 2.55. The maximum absolute atomic E-state index is 4.28. The van der Waals surface area contributed by atoms with Crippen LogP contribution in [0.3, 0.4) is 0 Å². The maximum Gasteiger partial charge on any atom is 0.202 e. The SMILES string of the molecule is CCNc1nc(-c2ccncn2)ns1. The van der Waals surface area contributed by atoms with Gasteiger partial charge in [0.25, 0.3) is 0 Å². The lowest BCUT2D eigenvalue weighted by atomic mass is 10.4. The predicted octanol–water partition coefficient (Wildman–Crippen LogP) is 1.43. The van der Waals surface area contributed by atoms with Gasteiger partial charge in [-0.3, -0.25) is 0 Å². The molecule has 0 fully saturated rings. The van der Waals surface area contributed by atoms with Crippen LogP contribution in [0.1, 0.15) is 6.92 Å². The van der Waals surface area contributed by atoms with Crippen molar-refractivity contribution in [1.29, 1.82) is 0 Å². The zero-order valence-corrected chi connectivity index (χ0v) is 8.45. The van der Waals surface area contributed by atoms with E-state index in [-0.39, 0.29) is 0 Å². The van der Waals surface area contributed by atoms with Gasteiger partial charge in [0.15, 0.2) is 5.82 Å². The van der Waals surface area contributed by atoms with Crippen LogP contribution in [0, 0.1) is 0 Å². The molecule has 0 aliphatic heterocycles. The van der Waals surface area contributed by atoms with E-state index in [0.717, 1.165) is 17.4 Å². The lowest BCUT2D eigenvalue weighted by Gasteiger charge is -1.93. The van der Waals surface area contributed by atoms with Crippen molar-refractivity contribution in [1.82, 2.24) is 19.3 Å². The first-order valence-corrected chi connectivity index (χ1v) is 5.01. The summed E-state index contributed by atoms with van der Waals surface area (Å²) in [5, 5.41) is 3.92. The normalized spacial score (nSPS) is 10.1. The Bertz CT molecular complexity index is 399. The third-order valence-corrected chi connectivity index (χ3v) is 2.24. The highest BCUT2D eigenvalue weighted by Gasteiger charge is 2.05. The third kappa shape index (κ3) is 1.85. The van der Waals surface area contributed by atoms with Gasteiger partial charge < -0.3 is 5.32 Å². The smallest absolute Gasteiger partial charge is 0.202 e. The van der Waals surface area contributed by atoms with E-state index >= 15 is 0 Å². The molecule has 0 atom stereocenters. The summed E-state index contributed by atoms with van der Waals surface area (Å²) >= 11 is 1.34. The largest absolute Gasteiger partial charge is 0.361 e. The van der Waals surface area contributed by atoms with Crippen LogP contribution < -0.4 is 5.32 Å². The molecular weight excluding hydrogens is 198 g/mol. The Hall–Kier alpha value is -1.56. The average Bonchev–Trinajstić information content (AvgIpc) is 2.68. The maximum atomic E-state index is 4.28. The zero-order chi connectivity index (χ0) is 9.80. The number of hydrogen-bond acceptors (Lipinski definition) is 6. The molecule has 0 saturated heterocycles. The van der Waals surface area contributed by atoms with Gasteiger partial charge in [-0.25, -0.2) is 9.97 Å². The molecule has 2 aromatic rings. The van der Waals surface area contributed by atoms with Crippen LogP contribution in [0.4, 0.5) is 5.13 Å². The Kier molecular flexibility index (Phi) is 2.64. The van der Waals surface area contributed by atoms with Gasteiger partial charge in [0.2, 0.25) is 5.13 Å².